The molecule has 4 heteroatoms. The molecule has 1 atom stereocenters. The third kappa shape index (κ3) is 3.51. The van der Waals surface area contributed by atoms with Crippen molar-refractivity contribution in [3.63, 3.8) is 0 Å². The smallest absolute Gasteiger partial charge is 0.244 e. The predicted molar refractivity (Wildman–Crippen MR) is 87.0 cm³/mol. The normalized spacial score (nSPS) is 25.0. The van der Waals surface area contributed by atoms with E-state index >= 15 is 0 Å². The van der Waals surface area contributed by atoms with E-state index in [1.165, 1.54) is 31.4 Å². The number of amides is 1. The first-order valence-electron chi connectivity index (χ1n) is 8.31. The third-order valence-corrected chi connectivity index (χ3v) is 5.45. The molecule has 20 heavy (non-hydrogen) atoms. The number of hydrogen-bond acceptors (Lipinski definition) is 3. The van der Waals surface area contributed by atoms with Gasteiger partial charge >= 0.3 is 0 Å². The first-order valence-corrected chi connectivity index (χ1v) is 9.70. The first-order chi connectivity index (χ1) is 9.73. The lowest BCUT2D eigenvalue weighted by Crippen LogP contribution is -2.44. The standard InChI is InChI=1S/C16H30N2OS/c1-3-9-14-17-16(10-5-6-11-16)15(19)18(14)12-7-4-8-13-20-2/h14,17H,3-13H2,1-2H3. The maximum atomic E-state index is 12.8. The predicted octanol–water partition coefficient (Wildman–Crippen LogP) is 3.39. The molecule has 1 aliphatic carbocycles. The van der Waals surface area contributed by atoms with Crippen LogP contribution in [-0.2, 0) is 4.79 Å². The summed E-state index contributed by atoms with van der Waals surface area (Å²) >= 11 is 1.92. The second-order valence-electron chi connectivity index (χ2n) is 6.29. The molecule has 0 aromatic heterocycles. The molecule has 1 heterocycles. The molecule has 1 aliphatic heterocycles. The summed E-state index contributed by atoms with van der Waals surface area (Å²) in [5.74, 6) is 1.65. The van der Waals surface area contributed by atoms with Crippen LogP contribution in [0.2, 0.25) is 0 Å². The summed E-state index contributed by atoms with van der Waals surface area (Å²) in [5, 5.41) is 3.69. The lowest BCUT2D eigenvalue weighted by atomic mass is 9.98. The summed E-state index contributed by atoms with van der Waals surface area (Å²) in [6.45, 7) is 3.16. The fourth-order valence-electron chi connectivity index (χ4n) is 3.68. The summed E-state index contributed by atoms with van der Waals surface area (Å²) in [6.07, 6.45) is 12.9. The van der Waals surface area contributed by atoms with Crippen molar-refractivity contribution in [2.45, 2.75) is 76.4 Å². The van der Waals surface area contributed by atoms with E-state index in [9.17, 15) is 4.79 Å². The Hall–Kier alpha value is -0.220. The van der Waals surface area contributed by atoms with Crippen LogP contribution in [0.5, 0.6) is 0 Å². The van der Waals surface area contributed by atoms with Crippen molar-refractivity contribution in [2.75, 3.05) is 18.6 Å². The highest BCUT2D eigenvalue weighted by molar-refractivity contribution is 7.98. The Bertz CT molecular complexity index is 316. The zero-order chi connectivity index (χ0) is 14.4. The maximum Gasteiger partial charge on any atom is 0.244 e. The Kier molecular flexibility index (Phi) is 6.21. The molecular formula is C16H30N2OS. The molecule has 1 spiro atoms. The van der Waals surface area contributed by atoms with E-state index in [0.717, 1.165) is 38.6 Å². The zero-order valence-electron chi connectivity index (χ0n) is 13.1. The number of nitrogens with one attached hydrogen (secondary N) is 1. The first kappa shape index (κ1) is 16.2. The van der Waals surface area contributed by atoms with Crippen molar-refractivity contribution in [3.8, 4) is 0 Å². The van der Waals surface area contributed by atoms with Gasteiger partial charge in [-0.15, -0.1) is 0 Å². The van der Waals surface area contributed by atoms with Gasteiger partial charge in [0.25, 0.3) is 0 Å². The van der Waals surface area contributed by atoms with E-state index < -0.39 is 0 Å². The van der Waals surface area contributed by atoms with Crippen LogP contribution in [-0.4, -0.2) is 41.1 Å². The van der Waals surface area contributed by atoms with Gasteiger partial charge in [-0.3, -0.25) is 10.1 Å². The van der Waals surface area contributed by atoms with Crippen LogP contribution in [0.15, 0.2) is 0 Å². The average molecular weight is 298 g/mol. The second-order valence-corrected chi connectivity index (χ2v) is 7.28. The number of unbranched alkanes of at least 4 members (excludes halogenated alkanes) is 2. The fourth-order valence-corrected chi connectivity index (χ4v) is 4.17. The highest BCUT2D eigenvalue weighted by Crippen LogP contribution is 2.37. The van der Waals surface area contributed by atoms with Crippen molar-refractivity contribution >= 4 is 17.7 Å². The van der Waals surface area contributed by atoms with Gasteiger partial charge in [-0.25, -0.2) is 0 Å². The zero-order valence-corrected chi connectivity index (χ0v) is 13.9. The quantitative estimate of drug-likeness (QED) is 0.697. The van der Waals surface area contributed by atoms with E-state index in [1.54, 1.807) is 0 Å². The molecule has 2 fully saturated rings. The Morgan fingerprint density at radius 3 is 2.70 bits per heavy atom. The van der Waals surface area contributed by atoms with Crippen LogP contribution in [0.3, 0.4) is 0 Å². The monoisotopic (exact) mass is 298 g/mol. The van der Waals surface area contributed by atoms with Gasteiger partial charge in [0.05, 0.1) is 11.7 Å². The van der Waals surface area contributed by atoms with E-state index in [-0.39, 0.29) is 5.54 Å². The number of hydrogen-bond donors (Lipinski definition) is 1. The van der Waals surface area contributed by atoms with Crippen molar-refractivity contribution in [3.05, 3.63) is 0 Å². The van der Waals surface area contributed by atoms with E-state index in [4.69, 9.17) is 0 Å². The average Bonchev–Trinajstić information content (AvgIpc) is 3.00. The highest BCUT2D eigenvalue weighted by atomic mass is 32.2. The van der Waals surface area contributed by atoms with E-state index in [0.29, 0.717) is 12.1 Å². The van der Waals surface area contributed by atoms with Crippen molar-refractivity contribution < 1.29 is 4.79 Å². The molecule has 3 nitrogen and oxygen atoms in total. The van der Waals surface area contributed by atoms with E-state index in [1.807, 2.05) is 11.8 Å². The van der Waals surface area contributed by atoms with Crippen LogP contribution in [0.25, 0.3) is 0 Å². The number of carbonyl (C=O) groups is 1. The largest absolute Gasteiger partial charge is 0.326 e. The topological polar surface area (TPSA) is 32.3 Å². The summed E-state index contributed by atoms with van der Waals surface area (Å²) in [4.78, 5) is 15.0. The molecular weight excluding hydrogens is 268 g/mol. The number of nitrogens with zero attached hydrogens (tertiary/aromatic N) is 1. The fraction of sp³-hybridized carbons (Fsp3) is 0.938. The molecule has 1 saturated carbocycles. The highest BCUT2D eigenvalue weighted by Gasteiger charge is 2.51. The number of thioether (sulfide) groups is 1. The molecule has 116 valence electrons. The van der Waals surface area contributed by atoms with Crippen LogP contribution in [0.1, 0.15) is 64.7 Å². The summed E-state index contributed by atoms with van der Waals surface area (Å²) in [6, 6.07) is 0. The SMILES string of the molecule is CCCC1NC2(CCCC2)C(=O)N1CCCCCSC. The maximum absolute atomic E-state index is 12.8. The Morgan fingerprint density at radius 2 is 2.05 bits per heavy atom. The minimum Gasteiger partial charge on any atom is -0.326 e. The van der Waals surface area contributed by atoms with Crippen LogP contribution >= 0.6 is 11.8 Å². The van der Waals surface area contributed by atoms with Gasteiger partial charge in [0.1, 0.15) is 0 Å². The molecule has 2 aliphatic rings. The Balaban J connectivity index is 1.88. The van der Waals surface area contributed by atoms with Gasteiger partial charge in [0.15, 0.2) is 0 Å². The van der Waals surface area contributed by atoms with Crippen molar-refractivity contribution in [1.29, 1.82) is 0 Å². The molecule has 1 unspecified atom stereocenters. The lowest BCUT2D eigenvalue weighted by Gasteiger charge is -2.23. The van der Waals surface area contributed by atoms with Gasteiger partial charge in [-0.2, -0.15) is 11.8 Å². The van der Waals surface area contributed by atoms with Crippen molar-refractivity contribution in [1.82, 2.24) is 10.2 Å². The molecule has 0 aromatic rings. The molecule has 0 aromatic carbocycles. The molecule has 0 radical (unpaired) electrons. The Morgan fingerprint density at radius 1 is 1.30 bits per heavy atom. The van der Waals surface area contributed by atoms with Crippen LogP contribution < -0.4 is 5.32 Å². The molecule has 2 rings (SSSR count). The number of rotatable bonds is 8. The molecule has 1 amide bonds. The van der Waals surface area contributed by atoms with Gasteiger partial charge < -0.3 is 4.90 Å². The lowest BCUT2D eigenvalue weighted by molar-refractivity contribution is -0.133. The summed E-state index contributed by atoms with van der Waals surface area (Å²) < 4.78 is 0. The summed E-state index contributed by atoms with van der Waals surface area (Å²) in [5.41, 5.74) is -0.181. The number of carbonyl (C=O) groups excluding carboxylic acids is 1. The van der Waals surface area contributed by atoms with Gasteiger partial charge in [0.2, 0.25) is 5.91 Å². The van der Waals surface area contributed by atoms with Gasteiger partial charge in [0, 0.05) is 6.54 Å². The summed E-state index contributed by atoms with van der Waals surface area (Å²) in [7, 11) is 0. The van der Waals surface area contributed by atoms with Gasteiger partial charge in [-0.05, 0) is 44.1 Å². The van der Waals surface area contributed by atoms with Crippen LogP contribution in [0.4, 0.5) is 0 Å². The second kappa shape index (κ2) is 7.69. The Labute approximate surface area is 128 Å². The van der Waals surface area contributed by atoms with E-state index in [2.05, 4.69) is 23.4 Å². The third-order valence-electron chi connectivity index (χ3n) is 4.76. The molecule has 1 N–H and O–H groups in total. The minimum absolute atomic E-state index is 0.181. The van der Waals surface area contributed by atoms with Crippen LogP contribution in [0, 0.1) is 0 Å². The van der Waals surface area contributed by atoms with Crippen molar-refractivity contribution in [2.24, 2.45) is 0 Å². The van der Waals surface area contributed by atoms with Gasteiger partial charge in [-0.1, -0.05) is 32.6 Å². The molecule has 0 bridgehead atoms. The molecule has 1 saturated heterocycles. The minimum atomic E-state index is -0.181.